The summed E-state index contributed by atoms with van der Waals surface area (Å²) < 4.78 is 39.2. The summed E-state index contributed by atoms with van der Waals surface area (Å²) in [5, 5.41) is 10.2. The molecule has 2 rings (SSSR count). The first kappa shape index (κ1) is 18.3. The van der Waals surface area contributed by atoms with Crippen molar-refractivity contribution >= 4 is 23.0 Å². The van der Waals surface area contributed by atoms with Crippen molar-refractivity contribution in [1.29, 1.82) is 0 Å². The molecule has 0 fully saturated rings. The van der Waals surface area contributed by atoms with Gasteiger partial charge in [0.25, 0.3) is 0 Å². The van der Waals surface area contributed by atoms with E-state index in [1.807, 2.05) is 31.2 Å². The van der Waals surface area contributed by atoms with Gasteiger partial charge in [0.2, 0.25) is 0 Å². The molecule has 0 spiro atoms. The Bertz CT molecular complexity index is 710. The Morgan fingerprint density at radius 3 is 2.58 bits per heavy atom. The van der Waals surface area contributed by atoms with Gasteiger partial charge in [0.15, 0.2) is 10.8 Å². The first-order valence-electron chi connectivity index (χ1n) is 7.49. The van der Waals surface area contributed by atoms with E-state index in [2.05, 4.69) is 15.7 Å². The highest BCUT2D eigenvalue weighted by Gasteiger charge is 2.34. The summed E-state index contributed by atoms with van der Waals surface area (Å²) in [6, 6.07) is 8.81. The predicted molar refractivity (Wildman–Crippen MR) is 92.0 cm³/mol. The van der Waals surface area contributed by atoms with Crippen molar-refractivity contribution < 1.29 is 13.2 Å². The van der Waals surface area contributed by atoms with E-state index in [1.165, 1.54) is 4.68 Å². The Labute approximate surface area is 144 Å². The summed E-state index contributed by atoms with van der Waals surface area (Å²) in [6.45, 7) is 4.52. The van der Waals surface area contributed by atoms with Crippen LogP contribution in [0.15, 0.2) is 30.3 Å². The van der Waals surface area contributed by atoms with Crippen molar-refractivity contribution in [2.45, 2.75) is 33.0 Å². The molecule has 0 unspecified atom stereocenters. The molecule has 0 amide bonds. The lowest BCUT2D eigenvalue weighted by molar-refractivity contribution is -0.141. The molecule has 4 nitrogen and oxygen atoms in total. The lowest BCUT2D eigenvalue weighted by Gasteiger charge is -2.12. The highest BCUT2D eigenvalue weighted by atomic mass is 32.1. The SMILES string of the molecule is Cc1ccccc1NC(=S)NCCCn1nc(C(F)(F)F)cc1C. The fourth-order valence-corrected chi connectivity index (χ4v) is 2.40. The van der Waals surface area contributed by atoms with Crippen LogP contribution in [0, 0.1) is 13.8 Å². The maximum atomic E-state index is 12.6. The number of aryl methyl sites for hydroxylation is 3. The lowest BCUT2D eigenvalue weighted by atomic mass is 10.2. The van der Waals surface area contributed by atoms with Crippen LogP contribution >= 0.6 is 12.2 Å². The molecule has 1 aromatic heterocycles. The van der Waals surface area contributed by atoms with E-state index in [1.54, 1.807) is 6.92 Å². The van der Waals surface area contributed by atoms with Crippen molar-refractivity contribution in [3.05, 3.63) is 47.3 Å². The molecule has 0 aliphatic carbocycles. The van der Waals surface area contributed by atoms with Gasteiger partial charge < -0.3 is 10.6 Å². The van der Waals surface area contributed by atoms with E-state index in [9.17, 15) is 13.2 Å². The Balaban J connectivity index is 1.78. The number of benzene rings is 1. The molecule has 130 valence electrons. The van der Waals surface area contributed by atoms with E-state index in [-0.39, 0.29) is 0 Å². The van der Waals surface area contributed by atoms with Crippen LogP contribution in [-0.4, -0.2) is 21.4 Å². The number of nitrogens with zero attached hydrogens (tertiary/aromatic N) is 2. The van der Waals surface area contributed by atoms with Crippen molar-refractivity contribution in [2.75, 3.05) is 11.9 Å². The quantitative estimate of drug-likeness (QED) is 0.630. The number of anilines is 1. The molecular formula is C16H19F3N4S. The normalized spacial score (nSPS) is 11.4. The van der Waals surface area contributed by atoms with Gasteiger partial charge in [-0.05, 0) is 50.2 Å². The third kappa shape index (κ3) is 4.95. The lowest BCUT2D eigenvalue weighted by Crippen LogP contribution is -2.30. The Kier molecular flexibility index (Phi) is 5.82. The van der Waals surface area contributed by atoms with Gasteiger partial charge in [-0.15, -0.1) is 0 Å². The number of rotatable bonds is 5. The number of hydrogen-bond donors (Lipinski definition) is 2. The zero-order valence-corrected chi connectivity index (χ0v) is 14.3. The fourth-order valence-electron chi connectivity index (χ4n) is 2.19. The Morgan fingerprint density at radius 1 is 1.25 bits per heavy atom. The van der Waals surface area contributed by atoms with Gasteiger partial charge in [-0.25, -0.2) is 0 Å². The first-order valence-corrected chi connectivity index (χ1v) is 7.90. The molecular weight excluding hydrogens is 337 g/mol. The zero-order valence-electron chi connectivity index (χ0n) is 13.4. The van der Waals surface area contributed by atoms with Crippen molar-refractivity contribution in [1.82, 2.24) is 15.1 Å². The fraction of sp³-hybridized carbons (Fsp3) is 0.375. The second-order valence-electron chi connectivity index (χ2n) is 5.44. The monoisotopic (exact) mass is 356 g/mol. The third-order valence-corrected chi connectivity index (χ3v) is 3.74. The van der Waals surface area contributed by atoms with Crippen LogP contribution < -0.4 is 10.6 Å². The predicted octanol–water partition coefficient (Wildman–Crippen LogP) is 3.90. The van der Waals surface area contributed by atoms with Gasteiger partial charge in [0.1, 0.15) is 0 Å². The van der Waals surface area contributed by atoms with E-state index >= 15 is 0 Å². The average Bonchev–Trinajstić information content (AvgIpc) is 2.87. The van der Waals surface area contributed by atoms with Crippen molar-refractivity contribution in [3.8, 4) is 0 Å². The van der Waals surface area contributed by atoms with Crippen LogP contribution in [0.25, 0.3) is 0 Å². The number of thiocarbonyl (C=S) groups is 1. The molecule has 1 aromatic carbocycles. The minimum absolute atomic E-state index is 0.391. The molecule has 0 saturated heterocycles. The summed E-state index contributed by atoms with van der Waals surface area (Å²) in [5.41, 5.74) is 1.63. The van der Waals surface area contributed by atoms with Crippen LogP contribution in [0.1, 0.15) is 23.4 Å². The molecule has 0 aliphatic rings. The highest BCUT2D eigenvalue weighted by Crippen LogP contribution is 2.28. The molecule has 2 N–H and O–H groups in total. The van der Waals surface area contributed by atoms with Crippen LogP contribution in [0.3, 0.4) is 0 Å². The molecule has 0 atom stereocenters. The molecule has 24 heavy (non-hydrogen) atoms. The molecule has 0 radical (unpaired) electrons. The van der Waals surface area contributed by atoms with Gasteiger partial charge >= 0.3 is 6.18 Å². The van der Waals surface area contributed by atoms with Crippen LogP contribution in [0.5, 0.6) is 0 Å². The first-order chi connectivity index (χ1) is 11.3. The number of alkyl halides is 3. The van der Waals surface area contributed by atoms with E-state index in [0.717, 1.165) is 17.3 Å². The molecule has 0 bridgehead atoms. The topological polar surface area (TPSA) is 41.9 Å². The minimum Gasteiger partial charge on any atom is -0.362 e. The smallest absolute Gasteiger partial charge is 0.362 e. The van der Waals surface area contributed by atoms with Crippen LogP contribution in [-0.2, 0) is 12.7 Å². The Morgan fingerprint density at radius 2 is 1.96 bits per heavy atom. The molecule has 1 heterocycles. The van der Waals surface area contributed by atoms with E-state index < -0.39 is 11.9 Å². The molecule has 8 heteroatoms. The van der Waals surface area contributed by atoms with E-state index in [4.69, 9.17) is 12.2 Å². The largest absolute Gasteiger partial charge is 0.435 e. The standard InChI is InChI=1S/C16H19F3N4S/c1-11-6-3-4-7-13(11)21-15(24)20-8-5-9-23-12(2)10-14(22-23)16(17,18)19/h3-4,6-7,10H,5,8-9H2,1-2H3,(H2,20,21,24). The van der Waals surface area contributed by atoms with Gasteiger partial charge in [-0.1, -0.05) is 18.2 Å². The van der Waals surface area contributed by atoms with Crippen molar-refractivity contribution in [2.24, 2.45) is 0 Å². The summed E-state index contributed by atoms with van der Waals surface area (Å²) in [6.07, 6.45) is -3.80. The van der Waals surface area contributed by atoms with Gasteiger partial charge in [0, 0.05) is 24.5 Å². The van der Waals surface area contributed by atoms with Gasteiger partial charge in [-0.3, -0.25) is 4.68 Å². The highest BCUT2D eigenvalue weighted by molar-refractivity contribution is 7.80. The maximum absolute atomic E-state index is 12.6. The number of hydrogen-bond acceptors (Lipinski definition) is 2. The van der Waals surface area contributed by atoms with Gasteiger partial charge in [-0.2, -0.15) is 18.3 Å². The van der Waals surface area contributed by atoms with Gasteiger partial charge in [0.05, 0.1) is 0 Å². The molecule has 2 aromatic rings. The number of nitrogens with one attached hydrogen (secondary N) is 2. The minimum atomic E-state index is -4.41. The Hall–Kier alpha value is -2.09. The summed E-state index contributed by atoms with van der Waals surface area (Å²) in [7, 11) is 0. The maximum Gasteiger partial charge on any atom is 0.435 e. The summed E-state index contributed by atoms with van der Waals surface area (Å²) in [4.78, 5) is 0. The van der Waals surface area contributed by atoms with Crippen molar-refractivity contribution in [3.63, 3.8) is 0 Å². The summed E-state index contributed by atoms with van der Waals surface area (Å²) in [5.74, 6) is 0. The summed E-state index contributed by atoms with van der Waals surface area (Å²) >= 11 is 5.21. The number of para-hydroxylation sites is 1. The molecule has 0 aliphatic heterocycles. The van der Waals surface area contributed by atoms with Crippen LogP contribution in [0.2, 0.25) is 0 Å². The number of aromatic nitrogens is 2. The third-order valence-electron chi connectivity index (χ3n) is 3.50. The van der Waals surface area contributed by atoms with Crippen LogP contribution in [0.4, 0.5) is 18.9 Å². The second-order valence-corrected chi connectivity index (χ2v) is 5.85. The zero-order chi connectivity index (χ0) is 17.7. The second kappa shape index (κ2) is 7.65. The van der Waals surface area contributed by atoms with E-state index in [0.29, 0.717) is 30.3 Å². The average molecular weight is 356 g/mol. The number of halogens is 3. The molecule has 0 saturated carbocycles.